The monoisotopic (exact) mass is 210 g/mol. The SMILES string of the molecule is CC=C(C)[Si](C)(CCCC)C(C)=CC. The van der Waals surface area contributed by atoms with Crippen LogP contribution in [0.5, 0.6) is 0 Å². The van der Waals surface area contributed by atoms with Crippen molar-refractivity contribution in [3.8, 4) is 0 Å². The third kappa shape index (κ3) is 3.12. The maximum Gasteiger partial charge on any atom is 0.104 e. The molecule has 0 rings (SSSR count). The minimum absolute atomic E-state index is 1.25. The molecule has 1 heteroatoms. The molecule has 0 aliphatic carbocycles. The summed E-state index contributed by atoms with van der Waals surface area (Å²) in [7, 11) is -1.25. The van der Waals surface area contributed by atoms with Crippen LogP contribution in [-0.2, 0) is 0 Å². The van der Waals surface area contributed by atoms with E-state index in [1.165, 1.54) is 18.9 Å². The molecule has 0 radical (unpaired) electrons. The Morgan fingerprint density at radius 1 is 1.07 bits per heavy atom. The minimum atomic E-state index is -1.25. The minimum Gasteiger partial charge on any atom is -0.0922 e. The molecule has 0 aliphatic heterocycles. The van der Waals surface area contributed by atoms with Crippen molar-refractivity contribution in [1.82, 2.24) is 0 Å². The highest BCUT2D eigenvalue weighted by Gasteiger charge is 2.29. The van der Waals surface area contributed by atoms with Gasteiger partial charge in [-0.25, -0.2) is 0 Å². The van der Waals surface area contributed by atoms with Gasteiger partial charge in [-0.15, -0.1) is 0 Å². The summed E-state index contributed by atoms with van der Waals surface area (Å²) in [6.07, 6.45) is 7.32. The van der Waals surface area contributed by atoms with Crippen LogP contribution in [0.2, 0.25) is 12.6 Å². The molecule has 0 amide bonds. The van der Waals surface area contributed by atoms with Gasteiger partial charge in [0.2, 0.25) is 0 Å². The fraction of sp³-hybridized carbons (Fsp3) is 0.692. The molecule has 0 saturated heterocycles. The van der Waals surface area contributed by atoms with E-state index in [0.29, 0.717) is 0 Å². The molecule has 0 heterocycles. The van der Waals surface area contributed by atoms with E-state index in [1.54, 1.807) is 10.4 Å². The highest BCUT2D eigenvalue weighted by Crippen LogP contribution is 2.29. The maximum atomic E-state index is 2.51. The van der Waals surface area contributed by atoms with E-state index >= 15 is 0 Å². The van der Waals surface area contributed by atoms with Crippen molar-refractivity contribution >= 4 is 8.07 Å². The van der Waals surface area contributed by atoms with Crippen molar-refractivity contribution < 1.29 is 0 Å². The maximum absolute atomic E-state index is 2.51. The molecule has 82 valence electrons. The average Bonchev–Trinajstić information content (AvgIpc) is 2.23. The van der Waals surface area contributed by atoms with Crippen molar-refractivity contribution in [3.63, 3.8) is 0 Å². The molecule has 0 N–H and O–H groups in total. The molecule has 0 spiro atoms. The molecule has 0 fully saturated rings. The van der Waals surface area contributed by atoms with Gasteiger partial charge in [0.15, 0.2) is 0 Å². The topological polar surface area (TPSA) is 0 Å². The molecule has 0 aromatic rings. The molecule has 0 aromatic heterocycles. The van der Waals surface area contributed by atoms with E-state index in [0.717, 1.165) is 0 Å². The molecule has 0 aliphatic rings. The molecule has 0 bridgehead atoms. The summed E-state index contributed by atoms with van der Waals surface area (Å²) in [5, 5.41) is 3.28. The number of unbranched alkanes of at least 4 members (excludes halogenated alkanes) is 1. The van der Waals surface area contributed by atoms with Crippen LogP contribution in [0, 0.1) is 0 Å². The van der Waals surface area contributed by atoms with Gasteiger partial charge in [-0.3, -0.25) is 0 Å². The zero-order valence-electron chi connectivity index (χ0n) is 10.8. The van der Waals surface area contributed by atoms with Crippen LogP contribution in [-0.4, -0.2) is 8.07 Å². The highest BCUT2D eigenvalue weighted by molar-refractivity contribution is 6.91. The Kier molecular flexibility index (Phi) is 6.10. The van der Waals surface area contributed by atoms with Crippen molar-refractivity contribution in [2.24, 2.45) is 0 Å². The van der Waals surface area contributed by atoms with E-state index in [-0.39, 0.29) is 0 Å². The number of rotatable bonds is 5. The second-order valence-electron chi connectivity index (χ2n) is 4.38. The standard InChI is InChI=1S/C13H26Si/c1-7-10-11-14(6,12(4)8-2)13(5)9-3/h8-9H,7,10-11H2,1-6H3. The predicted octanol–water partition coefficient (Wildman–Crippen LogP) is 4.88. The van der Waals surface area contributed by atoms with E-state index in [9.17, 15) is 0 Å². The summed E-state index contributed by atoms with van der Waals surface area (Å²) in [6, 6.07) is 1.41. The molecular formula is C13H26Si. The normalized spacial score (nSPS) is 18.1. The lowest BCUT2D eigenvalue weighted by molar-refractivity contribution is 0.868. The Bertz CT molecular complexity index is 205. The van der Waals surface area contributed by atoms with E-state index in [4.69, 9.17) is 0 Å². The lowest BCUT2D eigenvalue weighted by Crippen LogP contribution is -2.34. The Balaban J connectivity index is 4.85. The molecular weight excluding hydrogens is 184 g/mol. The van der Waals surface area contributed by atoms with Crippen molar-refractivity contribution in [2.45, 2.75) is 60.1 Å². The summed E-state index contributed by atoms with van der Waals surface area (Å²) in [5.41, 5.74) is 0. The van der Waals surface area contributed by atoms with Gasteiger partial charge < -0.3 is 0 Å². The fourth-order valence-corrected chi connectivity index (χ4v) is 5.62. The van der Waals surface area contributed by atoms with Gasteiger partial charge in [-0.2, -0.15) is 0 Å². The van der Waals surface area contributed by atoms with Crippen molar-refractivity contribution in [1.29, 1.82) is 0 Å². The largest absolute Gasteiger partial charge is 0.104 e. The molecule has 0 unspecified atom stereocenters. The molecule has 0 nitrogen and oxygen atoms in total. The smallest absolute Gasteiger partial charge is 0.0922 e. The first-order chi connectivity index (χ1) is 6.52. The van der Waals surface area contributed by atoms with Gasteiger partial charge in [0.1, 0.15) is 8.07 Å². The number of hydrogen-bond acceptors (Lipinski definition) is 0. The van der Waals surface area contributed by atoms with Crippen LogP contribution in [0.4, 0.5) is 0 Å². The highest BCUT2D eigenvalue weighted by atomic mass is 28.3. The van der Waals surface area contributed by atoms with Gasteiger partial charge in [-0.1, -0.05) is 54.9 Å². The molecule has 0 aromatic carbocycles. The average molecular weight is 210 g/mol. The molecule has 0 atom stereocenters. The third-order valence-corrected chi connectivity index (χ3v) is 9.05. The van der Waals surface area contributed by atoms with Crippen molar-refractivity contribution in [3.05, 3.63) is 22.5 Å². The first-order valence-electron chi connectivity index (χ1n) is 5.79. The quantitative estimate of drug-likeness (QED) is 0.568. The van der Waals surface area contributed by atoms with Crippen LogP contribution in [0.1, 0.15) is 47.5 Å². The van der Waals surface area contributed by atoms with Crippen LogP contribution < -0.4 is 0 Å². The first-order valence-corrected chi connectivity index (χ1v) is 8.50. The van der Waals surface area contributed by atoms with E-state index in [1.807, 2.05) is 0 Å². The van der Waals surface area contributed by atoms with Gasteiger partial charge in [-0.05, 0) is 27.7 Å². The number of allylic oxidation sites excluding steroid dienone is 4. The zero-order valence-corrected chi connectivity index (χ0v) is 11.8. The lowest BCUT2D eigenvalue weighted by atomic mass is 10.4. The summed E-state index contributed by atoms with van der Waals surface area (Å²) >= 11 is 0. The van der Waals surface area contributed by atoms with Crippen molar-refractivity contribution in [2.75, 3.05) is 0 Å². The van der Waals surface area contributed by atoms with Gasteiger partial charge in [0.05, 0.1) is 0 Å². The second kappa shape index (κ2) is 6.23. The van der Waals surface area contributed by atoms with Crippen LogP contribution in [0.15, 0.2) is 22.5 Å². The van der Waals surface area contributed by atoms with Gasteiger partial charge in [0, 0.05) is 0 Å². The Hall–Kier alpha value is -0.303. The number of hydrogen-bond donors (Lipinski definition) is 0. The van der Waals surface area contributed by atoms with Gasteiger partial charge in [0.25, 0.3) is 0 Å². The summed E-state index contributed by atoms with van der Waals surface area (Å²) in [4.78, 5) is 0. The Morgan fingerprint density at radius 2 is 1.50 bits per heavy atom. The fourth-order valence-electron chi connectivity index (χ4n) is 1.87. The van der Waals surface area contributed by atoms with E-state index < -0.39 is 8.07 Å². The molecule has 14 heavy (non-hydrogen) atoms. The summed E-state index contributed by atoms with van der Waals surface area (Å²) in [5.74, 6) is 0. The summed E-state index contributed by atoms with van der Waals surface area (Å²) in [6.45, 7) is 13.8. The first kappa shape index (κ1) is 13.7. The van der Waals surface area contributed by atoms with Crippen LogP contribution >= 0.6 is 0 Å². The van der Waals surface area contributed by atoms with Crippen LogP contribution in [0.25, 0.3) is 0 Å². The van der Waals surface area contributed by atoms with Crippen LogP contribution in [0.3, 0.4) is 0 Å². The molecule has 0 saturated carbocycles. The predicted molar refractivity (Wildman–Crippen MR) is 70.2 cm³/mol. The zero-order chi connectivity index (χ0) is 11.2. The van der Waals surface area contributed by atoms with Gasteiger partial charge >= 0.3 is 0 Å². The Morgan fingerprint density at radius 3 is 1.79 bits per heavy atom. The summed E-state index contributed by atoms with van der Waals surface area (Å²) < 4.78 is 0. The third-order valence-electron chi connectivity index (χ3n) is 3.64. The van der Waals surface area contributed by atoms with E-state index in [2.05, 4.69) is 53.3 Å². The lowest BCUT2D eigenvalue weighted by Gasteiger charge is -2.30. The second-order valence-corrected chi connectivity index (χ2v) is 9.12. The Labute approximate surface area is 91.1 Å².